The zero-order valence-corrected chi connectivity index (χ0v) is 13.7. The van der Waals surface area contributed by atoms with Gasteiger partial charge in [-0.3, -0.25) is 4.79 Å². The van der Waals surface area contributed by atoms with Gasteiger partial charge in [0.2, 0.25) is 0 Å². The minimum Gasteiger partial charge on any atom is -0.463 e. The van der Waals surface area contributed by atoms with Crippen LogP contribution in [0.15, 0.2) is 0 Å². The number of aliphatic hydroxyl groups is 6. The van der Waals surface area contributed by atoms with E-state index in [0.29, 0.717) is 0 Å². The van der Waals surface area contributed by atoms with Crippen molar-refractivity contribution < 1.29 is 54.4 Å². The molecule has 0 unspecified atom stereocenters. The van der Waals surface area contributed by atoms with Crippen molar-refractivity contribution >= 4 is 5.97 Å². The predicted octanol–water partition coefficient (Wildman–Crippen LogP) is -3.80. The molecule has 6 N–H and O–H groups in total. The number of aliphatic hydroxyl groups excluding tert-OH is 6. The normalized spacial score (nSPS) is 48.2. The summed E-state index contributed by atoms with van der Waals surface area (Å²) in [5.41, 5.74) is 0. The lowest BCUT2D eigenvalue weighted by molar-refractivity contribution is -0.352. The number of esters is 1. The van der Waals surface area contributed by atoms with Crippen LogP contribution in [0.3, 0.4) is 0 Å². The molecule has 11 heteroatoms. The van der Waals surface area contributed by atoms with E-state index in [4.69, 9.17) is 18.9 Å². The van der Waals surface area contributed by atoms with Gasteiger partial charge in [0.25, 0.3) is 0 Å². The van der Waals surface area contributed by atoms with E-state index in [1.165, 1.54) is 6.92 Å². The van der Waals surface area contributed by atoms with Gasteiger partial charge in [-0.05, 0) is 6.92 Å². The molecule has 0 aliphatic carbocycles. The molecule has 2 aliphatic rings. The molecule has 2 fully saturated rings. The molecular formula is C14H24O11. The lowest BCUT2D eigenvalue weighted by Crippen LogP contribution is -2.64. The SMILES string of the molecule is CC(=O)OC[C@H]1O[C@@H](O)[C@H](O)[C@H](O[C@@H]2O[C@H](C)[C@H](O)[C@@H](O)[C@@H]2O)[C@@H]1O. The first-order chi connectivity index (χ1) is 11.6. The summed E-state index contributed by atoms with van der Waals surface area (Å²) in [6.07, 6.45) is -14.6. The fourth-order valence-electron chi connectivity index (χ4n) is 2.69. The number of carbonyl (C=O) groups excluding carboxylic acids is 1. The molecule has 0 aromatic carbocycles. The van der Waals surface area contributed by atoms with Crippen molar-refractivity contribution in [1.82, 2.24) is 0 Å². The average Bonchev–Trinajstić information content (AvgIpc) is 2.56. The minimum absolute atomic E-state index is 0.397. The van der Waals surface area contributed by atoms with Crippen LogP contribution in [0, 0.1) is 0 Å². The smallest absolute Gasteiger partial charge is 0.302 e. The second-order valence-electron chi connectivity index (χ2n) is 6.13. The van der Waals surface area contributed by atoms with E-state index >= 15 is 0 Å². The van der Waals surface area contributed by atoms with Crippen LogP contribution in [0.4, 0.5) is 0 Å². The number of carbonyl (C=O) groups is 1. The maximum atomic E-state index is 10.9. The first-order valence-electron chi connectivity index (χ1n) is 7.81. The molecular weight excluding hydrogens is 344 g/mol. The summed E-state index contributed by atoms with van der Waals surface area (Å²) in [6.45, 7) is 2.19. The standard InChI is InChI=1S/C14H24O11/c1-4-7(16)9(18)10(19)14(23-4)25-12-8(17)6(3-22-5(2)15)24-13(21)11(12)20/h4,6-14,16-21H,3H2,1-2H3/t4-,6-,7+,8-,9-,10+,11-,12-,13-,14+/m1/s1. The second kappa shape index (κ2) is 8.20. The van der Waals surface area contributed by atoms with E-state index < -0.39 is 74.0 Å². The van der Waals surface area contributed by atoms with Gasteiger partial charge >= 0.3 is 5.97 Å². The number of hydrogen-bond donors (Lipinski definition) is 6. The fourth-order valence-corrected chi connectivity index (χ4v) is 2.69. The van der Waals surface area contributed by atoms with Crippen LogP contribution in [0.2, 0.25) is 0 Å². The van der Waals surface area contributed by atoms with Crippen LogP contribution in [-0.4, -0.2) is 105 Å². The molecule has 0 spiro atoms. The van der Waals surface area contributed by atoms with Crippen LogP contribution in [0.25, 0.3) is 0 Å². The lowest BCUT2D eigenvalue weighted by Gasteiger charge is -2.45. The maximum Gasteiger partial charge on any atom is 0.302 e. The first kappa shape index (κ1) is 20.4. The van der Waals surface area contributed by atoms with Gasteiger partial charge in [-0.15, -0.1) is 0 Å². The van der Waals surface area contributed by atoms with Crippen LogP contribution in [0.5, 0.6) is 0 Å². The molecule has 2 saturated heterocycles. The molecule has 2 aliphatic heterocycles. The fraction of sp³-hybridized carbons (Fsp3) is 0.929. The van der Waals surface area contributed by atoms with Crippen LogP contribution in [0.1, 0.15) is 13.8 Å². The Kier molecular flexibility index (Phi) is 6.70. The van der Waals surface area contributed by atoms with Crippen LogP contribution < -0.4 is 0 Å². The molecule has 10 atom stereocenters. The minimum atomic E-state index is -1.75. The van der Waals surface area contributed by atoms with Crippen molar-refractivity contribution in [2.75, 3.05) is 6.61 Å². The molecule has 0 aromatic heterocycles. The molecule has 0 saturated carbocycles. The summed E-state index contributed by atoms with van der Waals surface area (Å²) in [4.78, 5) is 10.9. The molecule has 146 valence electrons. The van der Waals surface area contributed by atoms with E-state index in [-0.39, 0.29) is 0 Å². The Balaban J connectivity index is 2.08. The van der Waals surface area contributed by atoms with Gasteiger partial charge in [0, 0.05) is 6.92 Å². The Morgan fingerprint density at radius 1 is 0.920 bits per heavy atom. The molecule has 11 nitrogen and oxygen atoms in total. The summed E-state index contributed by atoms with van der Waals surface area (Å²) >= 11 is 0. The molecule has 0 aromatic rings. The van der Waals surface area contributed by atoms with Crippen LogP contribution in [-0.2, 0) is 23.7 Å². The Morgan fingerprint density at radius 3 is 2.16 bits per heavy atom. The molecule has 2 heterocycles. The van der Waals surface area contributed by atoms with Crippen molar-refractivity contribution in [3.8, 4) is 0 Å². The Hall–Kier alpha value is -0.890. The van der Waals surface area contributed by atoms with Crippen molar-refractivity contribution in [2.24, 2.45) is 0 Å². The van der Waals surface area contributed by atoms with Crippen LogP contribution >= 0.6 is 0 Å². The molecule has 2 rings (SSSR count). The summed E-state index contributed by atoms with van der Waals surface area (Å²) in [5, 5.41) is 59.4. The van der Waals surface area contributed by atoms with E-state index in [1.54, 1.807) is 0 Å². The highest BCUT2D eigenvalue weighted by Gasteiger charge is 2.49. The van der Waals surface area contributed by atoms with Gasteiger partial charge in [-0.2, -0.15) is 0 Å². The highest BCUT2D eigenvalue weighted by molar-refractivity contribution is 5.65. The molecule has 25 heavy (non-hydrogen) atoms. The topological polar surface area (TPSA) is 175 Å². The Morgan fingerprint density at radius 2 is 1.56 bits per heavy atom. The van der Waals surface area contributed by atoms with Crippen molar-refractivity contribution in [2.45, 2.75) is 75.3 Å². The van der Waals surface area contributed by atoms with E-state index in [2.05, 4.69) is 0 Å². The zero-order chi connectivity index (χ0) is 18.9. The van der Waals surface area contributed by atoms with Gasteiger partial charge < -0.3 is 49.6 Å². The third-order valence-corrected chi connectivity index (χ3v) is 4.21. The quantitative estimate of drug-likeness (QED) is 0.268. The number of rotatable bonds is 4. The highest BCUT2D eigenvalue weighted by Crippen LogP contribution is 2.28. The van der Waals surface area contributed by atoms with Crippen molar-refractivity contribution in [1.29, 1.82) is 0 Å². The predicted molar refractivity (Wildman–Crippen MR) is 76.8 cm³/mol. The summed E-state index contributed by atoms with van der Waals surface area (Å²) in [5.74, 6) is -0.633. The highest BCUT2D eigenvalue weighted by atomic mass is 16.7. The summed E-state index contributed by atoms with van der Waals surface area (Å²) in [6, 6.07) is 0. The van der Waals surface area contributed by atoms with Crippen molar-refractivity contribution in [3.63, 3.8) is 0 Å². The van der Waals surface area contributed by atoms with E-state index in [9.17, 15) is 35.4 Å². The molecule has 0 bridgehead atoms. The number of hydrogen-bond acceptors (Lipinski definition) is 11. The van der Waals surface area contributed by atoms with Gasteiger partial charge in [0.1, 0.15) is 49.3 Å². The third kappa shape index (κ3) is 4.45. The summed E-state index contributed by atoms with van der Waals surface area (Å²) in [7, 11) is 0. The third-order valence-electron chi connectivity index (χ3n) is 4.21. The Bertz CT molecular complexity index is 460. The molecule has 0 radical (unpaired) electrons. The van der Waals surface area contributed by atoms with E-state index in [1.807, 2.05) is 0 Å². The number of ether oxygens (including phenoxy) is 4. The van der Waals surface area contributed by atoms with Crippen molar-refractivity contribution in [3.05, 3.63) is 0 Å². The Labute approximate surface area is 143 Å². The zero-order valence-electron chi connectivity index (χ0n) is 13.7. The van der Waals surface area contributed by atoms with Gasteiger partial charge in [-0.25, -0.2) is 0 Å². The average molecular weight is 368 g/mol. The largest absolute Gasteiger partial charge is 0.463 e. The molecule has 0 amide bonds. The van der Waals surface area contributed by atoms with Gasteiger partial charge in [0.05, 0.1) is 6.10 Å². The summed E-state index contributed by atoms with van der Waals surface area (Å²) < 4.78 is 20.3. The maximum absolute atomic E-state index is 10.9. The van der Waals surface area contributed by atoms with E-state index in [0.717, 1.165) is 6.92 Å². The first-order valence-corrected chi connectivity index (χ1v) is 7.81. The lowest BCUT2D eigenvalue weighted by atomic mass is 9.97. The van der Waals surface area contributed by atoms with Gasteiger partial charge in [-0.1, -0.05) is 0 Å². The monoisotopic (exact) mass is 368 g/mol. The van der Waals surface area contributed by atoms with Gasteiger partial charge in [0.15, 0.2) is 12.6 Å². The second-order valence-corrected chi connectivity index (χ2v) is 6.13.